The second-order valence-electron chi connectivity index (χ2n) is 7.48. The van der Waals surface area contributed by atoms with Crippen molar-refractivity contribution in [2.45, 2.75) is 33.2 Å². The predicted octanol–water partition coefficient (Wildman–Crippen LogP) is 4.34. The number of hydrogen-bond donors (Lipinski definition) is 1. The van der Waals surface area contributed by atoms with E-state index in [1.807, 2.05) is 67.1 Å². The van der Waals surface area contributed by atoms with Crippen LogP contribution in [0.15, 0.2) is 54.6 Å². The molecule has 28 heavy (non-hydrogen) atoms. The normalized spacial score (nSPS) is 14.4. The summed E-state index contributed by atoms with van der Waals surface area (Å²) in [6.45, 7) is 7.16. The largest absolute Gasteiger partial charge is 0.322 e. The molecule has 0 atom stereocenters. The summed E-state index contributed by atoms with van der Waals surface area (Å²) < 4.78 is 1.89. The highest BCUT2D eigenvalue weighted by Crippen LogP contribution is 2.21. The minimum atomic E-state index is -0.0891. The zero-order valence-corrected chi connectivity index (χ0v) is 16.5. The Bertz CT molecular complexity index is 969. The molecule has 1 aromatic heterocycles. The number of carbonyl (C=O) groups excluding carboxylic acids is 1. The van der Waals surface area contributed by atoms with Crippen LogP contribution < -0.4 is 5.32 Å². The molecular formula is C23H26N4O. The number of para-hydroxylation sites is 1. The Labute approximate surface area is 166 Å². The Morgan fingerprint density at radius 3 is 2.43 bits per heavy atom. The summed E-state index contributed by atoms with van der Waals surface area (Å²) in [7, 11) is 0. The molecule has 1 aliphatic heterocycles. The van der Waals surface area contributed by atoms with Crippen molar-refractivity contribution in [3.63, 3.8) is 0 Å². The summed E-state index contributed by atoms with van der Waals surface area (Å²) in [5.41, 5.74) is 5.70. The van der Waals surface area contributed by atoms with Crippen LogP contribution in [0.25, 0.3) is 5.69 Å². The Morgan fingerprint density at radius 2 is 1.75 bits per heavy atom. The molecule has 2 heterocycles. The van der Waals surface area contributed by atoms with Crippen LogP contribution >= 0.6 is 0 Å². The molecule has 5 heteroatoms. The summed E-state index contributed by atoms with van der Waals surface area (Å²) >= 11 is 0. The van der Waals surface area contributed by atoms with Crippen molar-refractivity contribution in [1.82, 2.24) is 14.7 Å². The van der Waals surface area contributed by atoms with Gasteiger partial charge in [0, 0.05) is 23.5 Å². The van der Waals surface area contributed by atoms with Crippen LogP contribution in [-0.2, 0) is 6.54 Å². The van der Waals surface area contributed by atoms with E-state index in [0.717, 1.165) is 48.0 Å². The molecule has 3 aromatic rings. The van der Waals surface area contributed by atoms with Gasteiger partial charge in [-0.3, -0.25) is 9.69 Å². The van der Waals surface area contributed by atoms with E-state index in [2.05, 4.69) is 21.4 Å². The molecule has 4 rings (SSSR count). The monoisotopic (exact) mass is 374 g/mol. The van der Waals surface area contributed by atoms with E-state index in [-0.39, 0.29) is 5.91 Å². The van der Waals surface area contributed by atoms with Gasteiger partial charge in [0.05, 0.1) is 11.4 Å². The van der Waals surface area contributed by atoms with E-state index < -0.39 is 0 Å². The SMILES string of the molecule is Cc1cc(C)n(-c2ccc(C(=O)Nc3ccccc3CN3CCCC3)cc2)n1. The summed E-state index contributed by atoms with van der Waals surface area (Å²) in [6, 6.07) is 17.7. The summed E-state index contributed by atoms with van der Waals surface area (Å²) in [4.78, 5) is 15.2. The van der Waals surface area contributed by atoms with E-state index in [9.17, 15) is 4.79 Å². The number of hydrogen-bond acceptors (Lipinski definition) is 3. The van der Waals surface area contributed by atoms with Crippen molar-refractivity contribution in [2.75, 3.05) is 18.4 Å². The predicted molar refractivity (Wildman–Crippen MR) is 112 cm³/mol. The quantitative estimate of drug-likeness (QED) is 0.723. The fourth-order valence-electron chi connectivity index (χ4n) is 3.80. The first-order chi connectivity index (χ1) is 13.6. The van der Waals surface area contributed by atoms with Crippen LogP contribution in [0.3, 0.4) is 0 Å². The Kier molecular flexibility index (Phi) is 5.26. The first-order valence-corrected chi connectivity index (χ1v) is 9.85. The maximum absolute atomic E-state index is 12.8. The maximum atomic E-state index is 12.8. The van der Waals surface area contributed by atoms with Gasteiger partial charge in [-0.25, -0.2) is 4.68 Å². The summed E-state index contributed by atoms with van der Waals surface area (Å²) in [6.07, 6.45) is 2.52. The average molecular weight is 374 g/mol. The minimum absolute atomic E-state index is 0.0891. The van der Waals surface area contributed by atoms with E-state index in [1.165, 1.54) is 12.8 Å². The lowest BCUT2D eigenvalue weighted by molar-refractivity contribution is 0.102. The second kappa shape index (κ2) is 7.98. The highest BCUT2D eigenvalue weighted by molar-refractivity contribution is 6.04. The van der Waals surface area contributed by atoms with Crippen LogP contribution in [0.5, 0.6) is 0 Å². The third-order valence-electron chi connectivity index (χ3n) is 5.24. The van der Waals surface area contributed by atoms with Gasteiger partial charge in [-0.15, -0.1) is 0 Å². The molecule has 144 valence electrons. The lowest BCUT2D eigenvalue weighted by Gasteiger charge is -2.18. The lowest BCUT2D eigenvalue weighted by atomic mass is 10.1. The number of anilines is 1. The maximum Gasteiger partial charge on any atom is 0.255 e. The van der Waals surface area contributed by atoms with Gasteiger partial charge in [-0.2, -0.15) is 5.10 Å². The number of aromatic nitrogens is 2. The fourth-order valence-corrected chi connectivity index (χ4v) is 3.80. The van der Waals surface area contributed by atoms with Crippen molar-refractivity contribution in [3.05, 3.63) is 77.1 Å². The van der Waals surface area contributed by atoms with Crippen molar-refractivity contribution in [1.29, 1.82) is 0 Å². The van der Waals surface area contributed by atoms with Crippen LogP contribution in [0, 0.1) is 13.8 Å². The smallest absolute Gasteiger partial charge is 0.255 e. The molecule has 2 aromatic carbocycles. The van der Waals surface area contributed by atoms with Gasteiger partial charge in [-0.05, 0) is 81.7 Å². The van der Waals surface area contributed by atoms with Crippen LogP contribution in [0.4, 0.5) is 5.69 Å². The van der Waals surface area contributed by atoms with Crippen molar-refractivity contribution in [2.24, 2.45) is 0 Å². The van der Waals surface area contributed by atoms with Crippen molar-refractivity contribution < 1.29 is 4.79 Å². The van der Waals surface area contributed by atoms with Crippen LogP contribution in [0.2, 0.25) is 0 Å². The molecule has 1 N–H and O–H groups in total. The number of benzene rings is 2. The second-order valence-corrected chi connectivity index (χ2v) is 7.48. The molecule has 1 saturated heterocycles. The number of aryl methyl sites for hydroxylation is 2. The summed E-state index contributed by atoms with van der Waals surface area (Å²) in [5.74, 6) is -0.0891. The van der Waals surface area contributed by atoms with Crippen molar-refractivity contribution in [3.8, 4) is 5.69 Å². The van der Waals surface area contributed by atoms with Crippen LogP contribution in [0.1, 0.15) is 40.2 Å². The number of likely N-dealkylation sites (tertiary alicyclic amines) is 1. The van der Waals surface area contributed by atoms with Crippen molar-refractivity contribution >= 4 is 11.6 Å². The molecule has 0 saturated carbocycles. The van der Waals surface area contributed by atoms with Gasteiger partial charge in [0.1, 0.15) is 0 Å². The standard InChI is InChI=1S/C23H26N4O/c1-17-15-18(2)27(25-17)21-11-9-19(10-12-21)23(28)24-22-8-4-3-7-20(22)16-26-13-5-6-14-26/h3-4,7-12,15H,5-6,13-14,16H2,1-2H3,(H,24,28). The Hall–Kier alpha value is -2.92. The third kappa shape index (κ3) is 3.99. The van der Waals surface area contributed by atoms with Gasteiger partial charge in [0.2, 0.25) is 0 Å². The summed E-state index contributed by atoms with van der Waals surface area (Å²) in [5, 5.41) is 7.58. The topological polar surface area (TPSA) is 50.2 Å². The van der Waals surface area contributed by atoms with Crippen LogP contribution in [-0.4, -0.2) is 33.7 Å². The highest BCUT2D eigenvalue weighted by Gasteiger charge is 2.15. The first kappa shape index (κ1) is 18.4. The average Bonchev–Trinajstić information content (AvgIpc) is 3.32. The van der Waals surface area contributed by atoms with E-state index >= 15 is 0 Å². The van der Waals surface area contributed by atoms with Gasteiger partial charge >= 0.3 is 0 Å². The van der Waals surface area contributed by atoms with E-state index in [1.54, 1.807) is 0 Å². The number of carbonyl (C=O) groups is 1. The molecule has 1 aliphatic rings. The third-order valence-corrected chi connectivity index (χ3v) is 5.24. The number of nitrogens with zero attached hydrogens (tertiary/aromatic N) is 3. The van der Waals surface area contributed by atoms with E-state index in [0.29, 0.717) is 5.56 Å². The first-order valence-electron chi connectivity index (χ1n) is 9.85. The molecule has 0 spiro atoms. The lowest BCUT2D eigenvalue weighted by Crippen LogP contribution is -2.20. The van der Waals surface area contributed by atoms with Gasteiger partial charge < -0.3 is 5.32 Å². The van der Waals surface area contributed by atoms with Gasteiger partial charge in [0.25, 0.3) is 5.91 Å². The van der Waals surface area contributed by atoms with Gasteiger partial charge in [-0.1, -0.05) is 18.2 Å². The molecule has 1 fully saturated rings. The van der Waals surface area contributed by atoms with E-state index in [4.69, 9.17) is 0 Å². The molecule has 1 amide bonds. The van der Waals surface area contributed by atoms with Gasteiger partial charge in [0.15, 0.2) is 0 Å². The number of rotatable bonds is 5. The molecule has 5 nitrogen and oxygen atoms in total. The molecular weight excluding hydrogens is 348 g/mol. The Morgan fingerprint density at radius 1 is 1.04 bits per heavy atom. The fraction of sp³-hybridized carbons (Fsp3) is 0.304. The zero-order chi connectivity index (χ0) is 19.5. The zero-order valence-electron chi connectivity index (χ0n) is 16.5. The molecule has 0 bridgehead atoms. The Balaban J connectivity index is 1.49. The molecule has 0 radical (unpaired) electrons. The molecule has 0 aliphatic carbocycles. The number of amides is 1. The molecule has 0 unspecified atom stereocenters. The highest BCUT2D eigenvalue weighted by atomic mass is 16.1. The minimum Gasteiger partial charge on any atom is -0.322 e. The number of nitrogens with one attached hydrogen (secondary N) is 1.